The maximum absolute atomic E-state index is 12.4. The molecule has 0 fully saturated rings. The lowest BCUT2D eigenvalue weighted by Gasteiger charge is -2.13. The third kappa shape index (κ3) is 5.35. The summed E-state index contributed by atoms with van der Waals surface area (Å²) in [6.45, 7) is 4.16. The lowest BCUT2D eigenvalue weighted by atomic mass is 10.0. The number of hydrogen-bond acceptors (Lipinski definition) is 2. The fourth-order valence-electron chi connectivity index (χ4n) is 2.73. The van der Waals surface area contributed by atoms with E-state index in [1.54, 1.807) is 18.2 Å². The molecule has 1 N–H and O–H groups in total. The fourth-order valence-corrected chi connectivity index (χ4v) is 2.91. The summed E-state index contributed by atoms with van der Waals surface area (Å²) in [7, 11) is 0. The number of rotatable bonds is 6. The Labute approximate surface area is 164 Å². The summed E-state index contributed by atoms with van der Waals surface area (Å²) >= 11 is 6.10. The molecule has 0 spiro atoms. The zero-order chi connectivity index (χ0) is 19.2. The van der Waals surface area contributed by atoms with Crippen LogP contribution in [0.15, 0.2) is 66.7 Å². The van der Waals surface area contributed by atoms with Crippen molar-refractivity contribution in [2.24, 2.45) is 0 Å². The highest BCUT2D eigenvalue weighted by atomic mass is 35.5. The summed E-state index contributed by atoms with van der Waals surface area (Å²) in [5.74, 6) is 1.18. The molecule has 27 heavy (non-hydrogen) atoms. The highest BCUT2D eigenvalue weighted by Crippen LogP contribution is 2.32. The van der Waals surface area contributed by atoms with Crippen LogP contribution in [-0.4, -0.2) is 5.91 Å². The number of anilines is 1. The van der Waals surface area contributed by atoms with E-state index in [9.17, 15) is 4.79 Å². The summed E-state index contributed by atoms with van der Waals surface area (Å²) < 4.78 is 5.88. The van der Waals surface area contributed by atoms with E-state index in [1.807, 2.05) is 30.3 Å². The van der Waals surface area contributed by atoms with Gasteiger partial charge >= 0.3 is 0 Å². The number of halogens is 1. The van der Waals surface area contributed by atoms with E-state index in [-0.39, 0.29) is 5.91 Å². The van der Waals surface area contributed by atoms with E-state index in [0.29, 0.717) is 35.1 Å². The molecule has 3 rings (SSSR count). The Kier molecular flexibility index (Phi) is 6.15. The van der Waals surface area contributed by atoms with E-state index in [1.165, 1.54) is 11.1 Å². The van der Waals surface area contributed by atoms with Crippen LogP contribution in [0.1, 0.15) is 23.1 Å². The SMILES string of the molecule is Cc1ccc(CCC(=O)Nc2cc(Cl)ccc2Oc2ccccc2)cc1C. The molecule has 0 heterocycles. The van der Waals surface area contributed by atoms with Crippen LogP contribution < -0.4 is 10.1 Å². The zero-order valence-corrected chi connectivity index (χ0v) is 16.2. The molecule has 0 saturated carbocycles. The lowest BCUT2D eigenvalue weighted by Crippen LogP contribution is -2.13. The lowest BCUT2D eigenvalue weighted by molar-refractivity contribution is -0.116. The van der Waals surface area contributed by atoms with Gasteiger partial charge in [-0.2, -0.15) is 0 Å². The quantitative estimate of drug-likeness (QED) is 0.544. The maximum Gasteiger partial charge on any atom is 0.224 e. The van der Waals surface area contributed by atoms with Gasteiger partial charge in [0.2, 0.25) is 5.91 Å². The number of carbonyl (C=O) groups excluding carboxylic acids is 1. The molecular weight excluding hydrogens is 358 g/mol. The molecule has 0 aliphatic rings. The second-order valence-electron chi connectivity index (χ2n) is 6.52. The van der Waals surface area contributed by atoms with E-state index in [2.05, 4.69) is 37.4 Å². The van der Waals surface area contributed by atoms with Gasteiger partial charge in [-0.05, 0) is 67.3 Å². The average Bonchev–Trinajstić information content (AvgIpc) is 2.66. The maximum atomic E-state index is 12.4. The molecular formula is C23H22ClNO2. The number of hydrogen-bond donors (Lipinski definition) is 1. The van der Waals surface area contributed by atoms with Gasteiger partial charge < -0.3 is 10.1 Å². The first-order valence-corrected chi connectivity index (χ1v) is 9.27. The highest BCUT2D eigenvalue weighted by Gasteiger charge is 2.10. The van der Waals surface area contributed by atoms with Gasteiger partial charge in [-0.15, -0.1) is 0 Å². The number of amides is 1. The van der Waals surface area contributed by atoms with Crippen molar-refractivity contribution in [3.8, 4) is 11.5 Å². The van der Waals surface area contributed by atoms with E-state index in [0.717, 1.165) is 5.56 Å². The summed E-state index contributed by atoms with van der Waals surface area (Å²) in [5, 5.41) is 3.46. The number of benzene rings is 3. The van der Waals surface area contributed by atoms with Crippen molar-refractivity contribution in [3.05, 3.63) is 88.4 Å². The minimum atomic E-state index is -0.0755. The topological polar surface area (TPSA) is 38.3 Å². The zero-order valence-electron chi connectivity index (χ0n) is 15.5. The van der Waals surface area contributed by atoms with Gasteiger partial charge in [-0.25, -0.2) is 0 Å². The first kappa shape index (κ1) is 19.0. The van der Waals surface area contributed by atoms with Crippen LogP contribution in [0.2, 0.25) is 5.02 Å². The first-order chi connectivity index (χ1) is 13.0. The summed E-state index contributed by atoms with van der Waals surface area (Å²) in [4.78, 5) is 12.4. The Morgan fingerprint density at radius 1 is 0.963 bits per heavy atom. The Morgan fingerprint density at radius 3 is 2.48 bits per heavy atom. The largest absolute Gasteiger partial charge is 0.455 e. The molecule has 3 aromatic carbocycles. The first-order valence-electron chi connectivity index (χ1n) is 8.90. The van der Waals surface area contributed by atoms with Crippen molar-refractivity contribution in [1.82, 2.24) is 0 Å². The van der Waals surface area contributed by atoms with Crippen LogP contribution in [0.4, 0.5) is 5.69 Å². The Balaban J connectivity index is 1.67. The third-order valence-corrected chi connectivity index (χ3v) is 4.63. The number of para-hydroxylation sites is 1. The van der Waals surface area contributed by atoms with Crippen LogP contribution in [0.3, 0.4) is 0 Å². The van der Waals surface area contributed by atoms with Crippen molar-refractivity contribution in [2.45, 2.75) is 26.7 Å². The monoisotopic (exact) mass is 379 g/mol. The van der Waals surface area contributed by atoms with Gasteiger partial charge in [-0.1, -0.05) is 48.0 Å². The highest BCUT2D eigenvalue weighted by molar-refractivity contribution is 6.31. The second-order valence-corrected chi connectivity index (χ2v) is 6.96. The van der Waals surface area contributed by atoms with Gasteiger partial charge in [0.05, 0.1) is 5.69 Å². The minimum Gasteiger partial charge on any atom is -0.455 e. The Hall–Kier alpha value is -2.78. The van der Waals surface area contributed by atoms with Crippen LogP contribution in [0, 0.1) is 13.8 Å². The number of nitrogens with one attached hydrogen (secondary N) is 1. The van der Waals surface area contributed by atoms with Crippen molar-refractivity contribution in [2.75, 3.05) is 5.32 Å². The smallest absolute Gasteiger partial charge is 0.224 e. The normalized spacial score (nSPS) is 10.5. The van der Waals surface area contributed by atoms with E-state index >= 15 is 0 Å². The van der Waals surface area contributed by atoms with Gasteiger partial charge in [0.25, 0.3) is 0 Å². The summed E-state index contributed by atoms with van der Waals surface area (Å²) in [5.41, 5.74) is 4.21. The second kappa shape index (κ2) is 8.74. The van der Waals surface area contributed by atoms with Crippen molar-refractivity contribution >= 4 is 23.2 Å². The van der Waals surface area contributed by atoms with E-state index < -0.39 is 0 Å². The molecule has 0 atom stereocenters. The Morgan fingerprint density at radius 2 is 1.74 bits per heavy atom. The molecule has 0 bridgehead atoms. The van der Waals surface area contributed by atoms with Crippen LogP contribution in [-0.2, 0) is 11.2 Å². The molecule has 0 unspecified atom stereocenters. The fraction of sp³-hybridized carbons (Fsp3) is 0.174. The van der Waals surface area contributed by atoms with Gasteiger partial charge in [0, 0.05) is 11.4 Å². The minimum absolute atomic E-state index is 0.0755. The standard InChI is InChI=1S/C23H22ClNO2/c1-16-8-9-18(14-17(16)2)10-13-23(26)25-21-15-19(24)11-12-22(21)27-20-6-4-3-5-7-20/h3-9,11-12,14-15H,10,13H2,1-2H3,(H,25,26). The Bertz CT molecular complexity index is 938. The molecule has 4 heteroatoms. The molecule has 0 aliphatic heterocycles. The van der Waals surface area contributed by atoms with Crippen molar-refractivity contribution in [1.29, 1.82) is 0 Å². The van der Waals surface area contributed by atoms with Gasteiger partial charge in [0.1, 0.15) is 5.75 Å². The molecule has 0 aromatic heterocycles. The molecule has 0 aliphatic carbocycles. The van der Waals surface area contributed by atoms with Crippen LogP contribution in [0.5, 0.6) is 11.5 Å². The molecule has 0 radical (unpaired) electrons. The van der Waals surface area contributed by atoms with Crippen LogP contribution >= 0.6 is 11.6 Å². The summed E-state index contributed by atoms with van der Waals surface area (Å²) in [6.07, 6.45) is 1.07. The molecule has 138 valence electrons. The predicted molar refractivity (Wildman–Crippen MR) is 111 cm³/mol. The van der Waals surface area contributed by atoms with Crippen molar-refractivity contribution in [3.63, 3.8) is 0 Å². The number of carbonyl (C=O) groups is 1. The number of ether oxygens (including phenoxy) is 1. The van der Waals surface area contributed by atoms with Crippen LogP contribution in [0.25, 0.3) is 0 Å². The molecule has 1 amide bonds. The van der Waals surface area contributed by atoms with Gasteiger partial charge in [-0.3, -0.25) is 4.79 Å². The molecule has 0 saturated heterocycles. The van der Waals surface area contributed by atoms with E-state index in [4.69, 9.17) is 16.3 Å². The average molecular weight is 380 g/mol. The van der Waals surface area contributed by atoms with Crippen molar-refractivity contribution < 1.29 is 9.53 Å². The molecule has 3 nitrogen and oxygen atoms in total. The third-order valence-electron chi connectivity index (χ3n) is 4.40. The predicted octanol–water partition coefficient (Wildman–Crippen LogP) is 6.32. The summed E-state index contributed by atoms with van der Waals surface area (Å²) in [6, 6.07) is 20.9. The molecule has 3 aromatic rings. The number of aryl methyl sites for hydroxylation is 3. The van der Waals surface area contributed by atoms with Gasteiger partial charge in [0.15, 0.2) is 5.75 Å².